The average Bonchev–Trinajstić information content (AvgIpc) is 2.78. The summed E-state index contributed by atoms with van der Waals surface area (Å²) in [6.45, 7) is 2.28. The first-order valence-corrected chi connectivity index (χ1v) is 6.58. The Labute approximate surface area is 97.4 Å². The topological polar surface area (TPSA) is 64.5 Å². The first-order chi connectivity index (χ1) is 7.70. The molecule has 2 atom stereocenters. The van der Waals surface area contributed by atoms with Gasteiger partial charge in [-0.1, -0.05) is 26.2 Å². The fourth-order valence-corrected chi connectivity index (χ4v) is 3.11. The van der Waals surface area contributed by atoms with Crippen molar-refractivity contribution < 1.29 is 10.2 Å². The molecule has 4 heteroatoms. The maximum absolute atomic E-state index is 9.10. The van der Waals surface area contributed by atoms with Gasteiger partial charge in [0.15, 0.2) is 6.29 Å². The zero-order chi connectivity index (χ0) is 11.5. The molecule has 0 amide bonds. The van der Waals surface area contributed by atoms with Gasteiger partial charge in [-0.15, -0.1) is 0 Å². The number of aliphatic hydroxyl groups excluding tert-OH is 1. The van der Waals surface area contributed by atoms with Crippen molar-refractivity contribution in [2.75, 3.05) is 0 Å². The van der Waals surface area contributed by atoms with E-state index in [1.165, 1.54) is 32.1 Å². The van der Waals surface area contributed by atoms with E-state index in [1.54, 1.807) is 0 Å². The molecule has 2 unspecified atom stereocenters. The summed E-state index contributed by atoms with van der Waals surface area (Å²) in [5, 5.41) is 18.2. The second-order valence-electron chi connectivity index (χ2n) is 5.34. The van der Waals surface area contributed by atoms with Gasteiger partial charge in [0.25, 0.3) is 0 Å². The molecule has 0 spiro atoms. The first-order valence-electron chi connectivity index (χ1n) is 6.58. The molecule has 2 fully saturated rings. The Morgan fingerprint density at radius 3 is 2.31 bits per heavy atom. The first kappa shape index (κ1) is 12.3. The van der Waals surface area contributed by atoms with Gasteiger partial charge < -0.3 is 10.2 Å². The number of rotatable bonds is 3. The average molecular weight is 228 g/mol. The van der Waals surface area contributed by atoms with Crippen LogP contribution in [-0.4, -0.2) is 28.6 Å². The van der Waals surface area contributed by atoms with E-state index in [1.807, 2.05) is 0 Å². The molecule has 0 aromatic rings. The van der Waals surface area contributed by atoms with Gasteiger partial charge in [0.2, 0.25) is 0 Å². The van der Waals surface area contributed by atoms with Crippen LogP contribution in [0.3, 0.4) is 0 Å². The van der Waals surface area contributed by atoms with Crippen molar-refractivity contribution >= 4 is 0 Å². The second kappa shape index (κ2) is 5.45. The van der Waals surface area contributed by atoms with Gasteiger partial charge in [-0.25, -0.2) is 5.43 Å². The normalized spacial score (nSPS) is 40.5. The Balaban J connectivity index is 1.78. The van der Waals surface area contributed by atoms with Crippen LogP contribution < -0.4 is 10.9 Å². The summed E-state index contributed by atoms with van der Waals surface area (Å²) >= 11 is 0. The van der Waals surface area contributed by atoms with E-state index in [2.05, 4.69) is 17.8 Å². The predicted octanol–water partition coefficient (Wildman–Crippen LogP) is 0.749. The predicted molar refractivity (Wildman–Crippen MR) is 62.4 cm³/mol. The SMILES string of the molecule is CCC1CCC(C2CC(C(O)O)NN2)CC1. The molecule has 4 N–H and O–H groups in total. The lowest BCUT2D eigenvalue weighted by molar-refractivity contribution is -0.0640. The van der Waals surface area contributed by atoms with Crippen molar-refractivity contribution in [2.45, 2.75) is 63.8 Å². The highest BCUT2D eigenvalue weighted by atomic mass is 16.5. The highest BCUT2D eigenvalue weighted by Crippen LogP contribution is 2.34. The van der Waals surface area contributed by atoms with Crippen molar-refractivity contribution in [1.82, 2.24) is 10.9 Å². The molecule has 4 nitrogen and oxygen atoms in total. The van der Waals surface area contributed by atoms with Gasteiger partial charge in [0, 0.05) is 6.04 Å². The smallest absolute Gasteiger partial charge is 0.168 e. The molecule has 2 rings (SSSR count). The Kier molecular flexibility index (Phi) is 4.19. The number of hydrazine groups is 1. The molecule has 1 aliphatic carbocycles. The van der Waals surface area contributed by atoms with Crippen LogP contribution in [0.4, 0.5) is 0 Å². The molecule has 1 saturated carbocycles. The fraction of sp³-hybridized carbons (Fsp3) is 1.00. The summed E-state index contributed by atoms with van der Waals surface area (Å²) in [5.74, 6) is 1.63. The zero-order valence-corrected chi connectivity index (χ0v) is 10.0. The molecule has 16 heavy (non-hydrogen) atoms. The molecule has 0 aromatic heterocycles. The van der Waals surface area contributed by atoms with Crippen molar-refractivity contribution in [3.8, 4) is 0 Å². The summed E-state index contributed by atoms with van der Waals surface area (Å²) in [6.07, 6.45) is 6.14. The summed E-state index contributed by atoms with van der Waals surface area (Å²) in [7, 11) is 0. The minimum atomic E-state index is -1.25. The Hall–Kier alpha value is -0.160. The highest BCUT2D eigenvalue weighted by Gasteiger charge is 2.34. The fourth-order valence-electron chi connectivity index (χ4n) is 3.11. The van der Waals surface area contributed by atoms with Gasteiger partial charge in [-0.2, -0.15) is 0 Å². The summed E-state index contributed by atoms with van der Waals surface area (Å²) in [5.41, 5.74) is 6.20. The van der Waals surface area contributed by atoms with Gasteiger partial charge in [0.1, 0.15) is 0 Å². The monoisotopic (exact) mass is 228 g/mol. The van der Waals surface area contributed by atoms with Crippen LogP contribution in [0.1, 0.15) is 45.4 Å². The van der Waals surface area contributed by atoms with Gasteiger partial charge in [0.05, 0.1) is 6.04 Å². The molecule has 2 aliphatic rings. The zero-order valence-electron chi connectivity index (χ0n) is 10.0. The third-order valence-electron chi connectivity index (χ3n) is 4.36. The van der Waals surface area contributed by atoms with Gasteiger partial charge in [-0.3, -0.25) is 5.43 Å². The lowest BCUT2D eigenvalue weighted by Gasteiger charge is -2.31. The Morgan fingerprint density at radius 1 is 1.12 bits per heavy atom. The molecule has 1 heterocycles. The third-order valence-corrected chi connectivity index (χ3v) is 4.36. The van der Waals surface area contributed by atoms with Crippen LogP contribution in [-0.2, 0) is 0 Å². The van der Waals surface area contributed by atoms with Crippen molar-refractivity contribution in [2.24, 2.45) is 11.8 Å². The van der Waals surface area contributed by atoms with Crippen molar-refractivity contribution in [3.05, 3.63) is 0 Å². The molecule has 0 bridgehead atoms. The van der Waals surface area contributed by atoms with Gasteiger partial charge in [-0.05, 0) is 31.1 Å². The Bertz CT molecular complexity index is 215. The minimum Gasteiger partial charge on any atom is -0.367 e. The molecular weight excluding hydrogens is 204 g/mol. The maximum atomic E-state index is 9.10. The molecule has 94 valence electrons. The molecule has 1 aliphatic heterocycles. The quantitative estimate of drug-likeness (QED) is 0.538. The van der Waals surface area contributed by atoms with Crippen LogP contribution in [0.5, 0.6) is 0 Å². The summed E-state index contributed by atoms with van der Waals surface area (Å²) in [6, 6.07) is 0.221. The van der Waals surface area contributed by atoms with Gasteiger partial charge >= 0.3 is 0 Å². The van der Waals surface area contributed by atoms with E-state index in [0.717, 1.165) is 12.3 Å². The number of hydrogen-bond acceptors (Lipinski definition) is 4. The molecule has 1 saturated heterocycles. The molecular formula is C12H24N2O2. The van der Waals surface area contributed by atoms with E-state index < -0.39 is 6.29 Å². The lowest BCUT2D eigenvalue weighted by atomic mass is 9.77. The summed E-state index contributed by atoms with van der Waals surface area (Å²) in [4.78, 5) is 0. The van der Waals surface area contributed by atoms with E-state index in [4.69, 9.17) is 10.2 Å². The van der Waals surface area contributed by atoms with Crippen molar-refractivity contribution in [3.63, 3.8) is 0 Å². The van der Waals surface area contributed by atoms with Crippen LogP contribution in [0.25, 0.3) is 0 Å². The van der Waals surface area contributed by atoms with E-state index >= 15 is 0 Å². The number of hydrogen-bond donors (Lipinski definition) is 4. The third kappa shape index (κ3) is 2.74. The number of nitrogens with one attached hydrogen (secondary N) is 2. The number of aliphatic hydroxyl groups is 2. The lowest BCUT2D eigenvalue weighted by Crippen LogP contribution is -2.41. The van der Waals surface area contributed by atoms with Crippen LogP contribution >= 0.6 is 0 Å². The molecule has 0 aromatic carbocycles. The van der Waals surface area contributed by atoms with Crippen LogP contribution in [0.15, 0.2) is 0 Å². The van der Waals surface area contributed by atoms with Crippen molar-refractivity contribution in [1.29, 1.82) is 0 Å². The molecule has 0 radical (unpaired) electrons. The maximum Gasteiger partial charge on any atom is 0.168 e. The minimum absolute atomic E-state index is 0.200. The summed E-state index contributed by atoms with van der Waals surface area (Å²) < 4.78 is 0. The Morgan fingerprint density at radius 2 is 1.81 bits per heavy atom. The highest BCUT2D eigenvalue weighted by molar-refractivity contribution is 4.89. The van der Waals surface area contributed by atoms with Crippen LogP contribution in [0, 0.1) is 11.8 Å². The standard InChI is InChI=1S/C12H24N2O2/c1-2-8-3-5-9(6-4-8)10-7-11(12(15)16)14-13-10/h8-16H,2-7H2,1H3. The van der Waals surface area contributed by atoms with Crippen LogP contribution in [0.2, 0.25) is 0 Å². The van der Waals surface area contributed by atoms with E-state index in [-0.39, 0.29) is 6.04 Å². The largest absolute Gasteiger partial charge is 0.367 e. The van der Waals surface area contributed by atoms with E-state index in [0.29, 0.717) is 12.0 Å². The second-order valence-corrected chi connectivity index (χ2v) is 5.34. The van der Waals surface area contributed by atoms with E-state index in [9.17, 15) is 0 Å².